The Balaban J connectivity index is 3.01. The number of rotatable bonds is 5. The van der Waals surface area contributed by atoms with Crippen LogP contribution in [0.3, 0.4) is 0 Å². The van der Waals surface area contributed by atoms with Crippen LogP contribution in [0.15, 0.2) is 12.1 Å². The summed E-state index contributed by atoms with van der Waals surface area (Å²) in [5.41, 5.74) is 6.78. The molecule has 1 aromatic carbocycles. The van der Waals surface area contributed by atoms with Crippen LogP contribution in [0.25, 0.3) is 0 Å². The van der Waals surface area contributed by atoms with Gasteiger partial charge in [0.1, 0.15) is 0 Å². The van der Waals surface area contributed by atoms with Gasteiger partial charge in [0.05, 0.1) is 30.0 Å². The quantitative estimate of drug-likeness (QED) is 0.817. The molecular formula is C13H18FN3O. The molecule has 1 rings (SSSR count). The monoisotopic (exact) mass is 251 g/mol. The molecule has 0 radical (unpaired) electrons. The second-order valence-electron chi connectivity index (χ2n) is 4.34. The summed E-state index contributed by atoms with van der Waals surface area (Å²) in [6.45, 7) is 4.19. The molecule has 0 aliphatic carbocycles. The normalized spacial score (nSPS) is 10.2. The number of halogens is 1. The second-order valence-corrected chi connectivity index (χ2v) is 4.34. The van der Waals surface area contributed by atoms with E-state index in [-0.39, 0.29) is 11.9 Å². The van der Waals surface area contributed by atoms with Crippen molar-refractivity contribution in [2.45, 2.75) is 26.4 Å². The van der Waals surface area contributed by atoms with Gasteiger partial charge in [0.25, 0.3) is 0 Å². The van der Waals surface area contributed by atoms with E-state index in [0.717, 1.165) is 0 Å². The Morgan fingerprint density at radius 1 is 1.50 bits per heavy atom. The first kappa shape index (κ1) is 14.1. The van der Waals surface area contributed by atoms with Crippen LogP contribution in [0.2, 0.25) is 0 Å². The number of nitrogens with two attached hydrogens (primary N) is 1. The average molecular weight is 251 g/mol. The summed E-state index contributed by atoms with van der Waals surface area (Å²) in [6, 6.07) is 4.88. The van der Waals surface area contributed by atoms with Gasteiger partial charge in [-0.1, -0.05) is 0 Å². The van der Waals surface area contributed by atoms with E-state index in [1.807, 2.05) is 18.7 Å². The first-order valence-electron chi connectivity index (χ1n) is 5.79. The lowest BCUT2D eigenvalue weighted by Gasteiger charge is -2.21. The summed E-state index contributed by atoms with van der Waals surface area (Å²) in [5.74, 6) is -0.295. The molecule has 0 amide bonds. The molecular weight excluding hydrogens is 233 g/mol. The van der Waals surface area contributed by atoms with Crippen molar-refractivity contribution in [1.82, 2.24) is 0 Å². The fourth-order valence-electron chi connectivity index (χ4n) is 1.57. The Hall–Kier alpha value is -1.96. The largest absolute Gasteiger partial charge is 0.488 e. The van der Waals surface area contributed by atoms with Gasteiger partial charge in [-0.05, 0) is 13.8 Å². The Bertz CT molecular complexity index is 454. The maximum Gasteiger partial charge on any atom is 0.167 e. The predicted octanol–water partition coefficient (Wildman–Crippen LogP) is 2.54. The van der Waals surface area contributed by atoms with Gasteiger partial charge in [0.2, 0.25) is 0 Å². The van der Waals surface area contributed by atoms with Crippen molar-refractivity contribution in [2.24, 2.45) is 0 Å². The van der Waals surface area contributed by atoms with Gasteiger partial charge in [0, 0.05) is 25.7 Å². The molecule has 0 unspecified atom stereocenters. The van der Waals surface area contributed by atoms with E-state index in [9.17, 15) is 4.39 Å². The molecule has 1 aromatic rings. The molecule has 0 bridgehead atoms. The predicted molar refractivity (Wildman–Crippen MR) is 70.1 cm³/mol. The molecule has 0 aromatic heterocycles. The van der Waals surface area contributed by atoms with Crippen molar-refractivity contribution < 1.29 is 9.13 Å². The smallest absolute Gasteiger partial charge is 0.167 e. The SMILES string of the molecule is CC(C)Oc1cc(N(C)CCC#N)c(N)cc1F. The minimum atomic E-state index is -0.473. The standard InChI is InChI=1S/C13H18FN3O/c1-9(2)18-13-8-12(11(16)7-10(13)14)17(3)6-4-5-15/h7-9H,4,6,16H2,1-3H3. The number of hydrogen-bond acceptors (Lipinski definition) is 4. The zero-order valence-electron chi connectivity index (χ0n) is 10.9. The summed E-state index contributed by atoms with van der Waals surface area (Å²) in [5, 5.41) is 8.56. The van der Waals surface area contributed by atoms with Crippen LogP contribution in [-0.2, 0) is 0 Å². The van der Waals surface area contributed by atoms with Gasteiger partial charge in [-0.2, -0.15) is 5.26 Å². The summed E-state index contributed by atoms with van der Waals surface area (Å²) in [7, 11) is 1.81. The highest BCUT2D eigenvalue weighted by atomic mass is 19.1. The van der Waals surface area contributed by atoms with E-state index >= 15 is 0 Å². The molecule has 2 N–H and O–H groups in total. The highest BCUT2D eigenvalue weighted by Gasteiger charge is 2.13. The molecule has 4 nitrogen and oxygen atoms in total. The third-order valence-corrected chi connectivity index (χ3v) is 2.41. The summed E-state index contributed by atoms with van der Waals surface area (Å²) >= 11 is 0. The van der Waals surface area contributed by atoms with Crippen molar-refractivity contribution in [3.8, 4) is 11.8 Å². The van der Waals surface area contributed by atoms with Crippen LogP contribution in [-0.4, -0.2) is 19.7 Å². The first-order chi connectivity index (χ1) is 8.45. The highest BCUT2D eigenvalue weighted by Crippen LogP contribution is 2.31. The maximum absolute atomic E-state index is 13.6. The fourth-order valence-corrected chi connectivity index (χ4v) is 1.57. The van der Waals surface area contributed by atoms with E-state index < -0.39 is 5.82 Å². The molecule has 0 saturated carbocycles. The molecule has 0 spiro atoms. The van der Waals surface area contributed by atoms with E-state index in [2.05, 4.69) is 6.07 Å². The van der Waals surface area contributed by atoms with E-state index in [4.69, 9.17) is 15.7 Å². The average Bonchev–Trinajstić information content (AvgIpc) is 2.29. The summed E-state index contributed by atoms with van der Waals surface area (Å²) in [6.07, 6.45) is 0.272. The molecule has 18 heavy (non-hydrogen) atoms. The van der Waals surface area contributed by atoms with Gasteiger partial charge in [0.15, 0.2) is 11.6 Å². The lowest BCUT2D eigenvalue weighted by atomic mass is 10.2. The Labute approximate surface area is 107 Å². The second kappa shape index (κ2) is 6.10. The Morgan fingerprint density at radius 3 is 2.72 bits per heavy atom. The zero-order chi connectivity index (χ0) is 13.7. The van der Waals surface area contributed by atoms with E-state index in [0.29, 0.717) is 24.3 Å². The van der Waals surface area contributed by atoms with Gasteiger partial charge in [-0.3, -0.25) is 0 Å². The number of nitriles is 1. The minimum Gasteiger partial charge on any atom is -0.488 e. The summed E-state index contributed by atoms with van der Waals surface area (Å²) < 4.78 is 19.0. The molecule has 0 aliphatic heterocycles. The lowest BCUT2D eigenvalue weighted by molar-refractivity contribution is 0.231. The van der Waals surface area contributed by atoms with Crippen LogP contribution in [0.5, 0.6) is 5.75 Å². The van der Waals surface area contributed by atoms with Crippen molar-refractivity contribution in [3.63, 3.8) is 0 Å². The zero-order valence-corrected chi connectivity index (χ0v) is 10.9. The Morgan fingerprint density at radius 2 is 2.17 bits per heavy atom. The lowest BCUT2D eigenvalue weighted by Crippen LogP contribution is -2.20. The van der Waals surface area contributed by atoms with Crippen molar-refractivity contribution >= 4 is 11.4 Å². The summed E-state index contributed by atoms with van der Waals surface area (Å²) in [4.78, 5) is 1.81. The van der Waals surface area contributed by atoms with Crippen LogP contribution in [0.4, 0.5) is 15.8 Å². The van der Waals surface area contributed by atoms with Crippen LogP contribution in [0.1, 0.15) is 20.3 Å². The fraction of sp³-hybridized carbons (Fsp3) is 0.462. The van der Waals surface area contributed by atoms with Gasteiger partial charge in [-0.25, -0.2) is 4.39 Å². The Kier molecular flexibility index (Phi) is 4.78. The molecule has 0 saturated heterocycles. The number of anilines is 2. The third-order valence-electron chi connectivity index (χ3n) is 2.41. The molecule has 0 atom stereocenters. The van der Waals surface area contributed by atoms with E-state index in [1.165, 1.54) is 6.07 Å². The number of nitrogen functional groups attached to an aromatic ring is 1. The molecule has 0 heterocycles. The number of ether oxygens (including phenoxy) is 1. The molecule has 0 aliphatic rings. The molecule has 98 valence electrons. The van der Waals surface area contributed by atoms with Crippen LogP contribution >= 0.6 is 0 Å². The third kappa shape index (κ3) is 3.52. The topological polar surface area (TPSA) is 62.3 Å². The van der Waals surface area contributed by atoms with Crippen molar-refractivity contribution in [3.05, 3.63) is 17.9 Å². The first-order valence-corrected chi connectivity index (χ1v) is 5.79. The maximum atomic E-state index is 13.6. The number of benzene rings is 1. The number of hydrogen-bond donors (Lipinski definition) is 1. The number of nitrogens with zero attached hydrogens (tertiary/aromatic N) is 2. The van der Waals surface area contributed by atoms with Gasteiger partial charge >= 0.3 is 0 Å². The van der Waals surface area contributed by atoms with Crippen molar-refractivity contribution in [1.29, 1.82) is 5.26 Å². The van der Waals surface area contributed by atoms with Gasteiger partial charge in [-0.15, -0.1) is 0 Å². The van der Waals surface area contributed by atoms with Crippen LogP contribution < -0.4 is 15.4 Å². The molecule has 0 fully saturated rings. The van der Waals surface area contributed by atoms with E-state index in [1.54, 1.807) is 13.1 Å². The van der Waals surface area contributed by atoms with Crippen LogP contribution in [0, 0.1) is 17.1 Å². The molecule has 5 heteroatoms. The highest BCUT2D eigenvalue weighted by molar-refractivity contribution is 5.69. The van der Waals surface area contributed by atoms with Crippen molar-refractivity contribution in [2.75, 3.05) is 24.2 Å². The minimum absolute atomic E-state index is 0.111. The van der Waals surface area contributed by atoms with Gasteiger partial charge < -0.3 is 15.4 Å².